The van der Waals surface area contributed by atoms with E-state index in [1.54, 1.807) is 0 Å². The maximum atomic E-state index is 7.46. The van der Waals surface area contributed by atoms with Gasteiger partial charge in [-0.1, -0.05) is 34.1 Å². The average Bonchev–Trinajstić information content (AvgIpc) is 2.15. The summed E-state index contributed by atoms with van der Waals surface area (Å²) in [7, 11) is 0. The Balaban J connectivity index is 0. The van der Waals surface area contributed by atoms with E-state index in [2.05, 4.69) is 18.7 Å². The quantitative estimate of drug-likeness (QED) is 0.516. The van der Waals surface area contributed by atoms with Crippen LogP contribution in [0.15, 0.2) is 0 Å². The van der Waals surface area contributed by atoms with Gasteiger partial charge in [-0.25, -0.2) is 0 Å². The summed E-state index contributed by atoms with van der Waals surface area (Å²) in [5, 5.41) is 7.46. The fraction of sp³-hybridized carbons (Fsp3) is 0.909. The predicted octanol–water partition coefficient (Wildman–Crippen LogP) is 3.52. The third-order valence-electron chi connectivity index (χ3n) is 1.75. The first-order valence-corrected chi connectivity index (χ1v) is 5.52. The first-order chi connectivity index (χ1) is 6.22. The van der Waals surface area contributed by atoms with E-state index in [1.807, 2.05) is 20.8 Å². The molecule has 80 valence electrons. The van der Waals surface area contributed by atoms with E-state index in [9.17, 15) is 0 Å². The number of nitrogens with one attached hydrogen (secondary N) is 1. The summed E-state index contributed by atoms with van der Waals surface area (Å²) in [6.07, 6.45) is 3.56. The van der Waals surface area contributed by atoms with Crippen molar-refractivity contribution in [2.45, 2.75) is 53.9 Å². The first kappa shape index (κ1) is 15.0. The van der Waals surface area contributed by atoms with Gasteiger partial charge in [-0.2, -0.15) is 0 Å². The van der Waals surface area contributed by atoms with Crippen LogP contribution in [-0.2, 0) is 0 Å². The van der Waals surface area contributed by atoms with Gasteiger partial charge in [0.15, 0.2) is 0 Å². The van der Waals surface area contributed by atoms with Crippen molar-refractivity contribution >= 4 is 5.84 Å². The van der Waals surface area contributed by atoms with Crippen LogP contribution in [0.1, 0.15) is 53.9 Å². The van der Waals surface area contributed by atoms with Crippen LogP contribution in [0.5, 0.6) is 0 Å². The lowest BCUT2D eigenvalue weighted by atomic mass is 10.3. The number of amidine groups is 1. The summed E-state index contributed by atoms with van der Waals surface area (Å²) < 4.78 is 0. The molecule has 0 aliphatic rings. The lowest BCUT2D eigenvalue weighted by molar-refractivity contribution is 0.402. The molecular weight excluding hydrogens is 160 g/mol. The third-order valence-corrected chi connectivity index (χ3v) is 1.75. The zero-order chi connectivity index (χ0) is 10.7. The van der Waals surface area contributed by atoms with Crippen LogP contribution in [0.3, 0.4) is 0 Å². The number of unbranched alkanes of at least 4 members (excludes halogenated alkanes) is 1. The highest BCUT2D eigenvalue weighted by molar-refractivity contribution is 5.76. The lowest BCUT2D eigenvalue weighted by Gasteiger charge is -2.21. The van der Waals surface area contributed by atoms with Gasteiger partial charge >= 0.3 is 0 Å². The van der Waals surface area contributed by atoms with E-state index in [0.717, 1.165) is 19.5 Å². The highest BCUT2D eigenvalue weighted by Gasteiger charge is 2.01. The Bertz CT molecular complexity index is 111. The van der Waals surface area contributed by atoms with Gasteiger partial charge in [-0.15, -0.1) is 0 Å². The van der Waals surface area contributed by atoms with E-state index < -0.39 is 0 Å². The number of hydrogen-bond donors (Lipinski definition) is 1. The van der Waals surface area contributed by atoms with Crippen molar-refractivity contribution in [1.29, 1.82) is 5.41 Å². The summed E-state index contributed by atoms with van der Waals surface area (Å²) in [6.45, 7) is 12.3. The summed E-state index contributed by atoms with van der Waals surface area (Å²) >= 11 is 0. The molecular formula is C11H26N2. The van der Waals surface area contributed by atoms with Gasteiger partial charge in [0, 0.05) is 13.1 Å². The van der Waals surface area contributed by atoms with Crippen molar-refractivity contribution in [3.05, 3.63) is 0 Å². The largest absolute Gasteiger partial charge is 0.361 e. The molecule has 0 rings (SSSR count). The first-order valence-electron chi connectivity index (χ1n) is 5.52. The van der Waals surface area contributed by atoms with Crippen molar-refractivity contribution < 1.29 is 0 Å². The zero-order valence-corrected chi connectivity index (χ0v) is 9.98. The molecule has 0 fully saturated rings. The maximum absolute atomic E-state index is 7.46. The van der Waals surface area contributed by atoms with Crippen LogP contribution in [0, 0.1) is 5.41 Å². The Morgan fingerprint density at radius 1 is 1.08 bits per heavy atom. The molecule has 0 aromatic carbocycles. The molecule has 2 nitrogen and oxygen atoms in total. The van der Waals surface area contributed by atoms with Crippen molar-refractivity contribution in [2.24, 2.45) is 0 Å². The normalized spacial score (nSPS) is 8.69. The fourth-order valence-electron chi connectivity index (χ4n) is 1.07. The molecule has 0 spiro atoms. The molecule has 0 aromatic heterocycles. The molecule has 0 aromatic rings. The number of nitrogens with zero attached hydrogens (tertiary/aromatic N) is 1. The van der Waals surface area contributed by atoms with Crippen LogP contribution in [0.25, 0.3) is 0 Å². The second kappa shape index (κ2) is 11.5. The molecule has 0 amide bonds. The smallest absolute Gasteiger partial charge is 0.0925 e. The number of rotatable bonds is 5. The Hall–Kier alpha value is -0.530. The van der Waals surface area contributed by atoms with Crippen LogP contribution in [0.2, 0.25) is 0 Å². The second-order valence-electron chi connectivity index (χ2n) is 2.93. The molecule has 13 heavy (non-hydrogen) atoms. The maximum Gasteiger partial charge on any atom is 0.0925 e. The van der Waals surface area contributed by atoms with Crippen LogP contribution >= 0.6 is 0 Å². The van der Waals surface area contributed by atoms with Crippen LogP contribution < -0.4 is 0 Å². The van der Waals surface area contributed by atoms with Gasteiger partial charge in [0.25, 0.3) is 0 Å². The standard InChI is InChI=1S/C9H20N2.C2H6/c1-4-6-8-11(7-5-2)9(3)10;1-2/h10H,4-8H2,1-3H3;1-2H3. The molecule has 1 N–H and O–H groups in total. The van der Waals surface area contributed by atoms with Gasteiger partial charge in [-0.3, -0.25) is 5.41 Å². The summed E-state index contributed by atoms with van der Waals surface area (Å²) in [5.74, 6) is 0.709. The van der Waals surface area contributed by atoms with Crippen LogP contribution in [0.4, 0.5) is 0 Å². The Morgan fingerprint density at radius 2 is 1.62 bits per heavy atom. The van der Waals surface area contributed by atoms with Crippen molar-refractivity contribution in [1.82, 2.24) is 4.90 Å². The van der Waals surface area contributed by atoms with Gasteiger partial charge in [0.2, 0.25) is 0 Å². The van der Waals surface area contributed by atoms with E-state index >= 15 is 0 Å². The number of hydrogen-bond acceptors (Lipinski definition) is 1. The minimum absolute atomic E-state index is 0.709. The minimum Gasteiger partial charge on any atom is -0.361 e. The molecule has 0 bridgehead atoms. The highest BCUT2D eigenvalue weighted by atomic mass is 15.1. The monoisotopic (exact) mass is 186 g/mol. The SMILES string of the molecule is CC.CCCCN(CCC)C(C)=N. The summed E-state index contributed by atoms with van der Waals surface area (Å²) in [4.78, 5) is 2.14. The predicted molar refractivity (Wildman–Crippen MR) is 61.5 cm³/mol. The van der Waals surface area contributed by atoms with E-state index in [-0.39, 0.29) is 0 Å². The average molecular weight is 186 g/mol. The molecule has 0 aliphatic carbocycles. The van der Waals surface area contributed by atoms with Gasteiger partial charge < -0.3 is 4.90 Å². The van der Waals surface area contributed by atoms with Gasteiger partial charge in [0.1, 0.15) is 0 Å². The van der Waals surface area contributed by atoms with Crippen LogP contribution in [-0.4, -0.2) is 23.8 Å². The Labute approximate surface area is 83.8 Å². The minimum atomic E-state index is 0.709. The van der Waals surface area contributed by atoms with Gasteiger partial charge in [0.05, 0.1) is 5.84 Å². The zero-order valence-electron chi connectivity index (χ0n) is 9.98. The van der Waals surface area contributed by atoms with E-state index in [4.69, 9.17) is 5.41 Å². The molecule has 0 atom stereocenters. The van der Waals surface area contributed by atoms with E-state index in [0.29, 0.717) is 5.84 Å². The molecule has 0 heterocycles. The van der Waals surface area contributed by atoms with E-state index in [1.165, 1.54) is 12.8 Å². The van der Waals surface area contributed by atoms with Gasteiger partial charge in [-0.05, 0) is 19.8 Å². The van der Waals surface area contributed by atoms with Crippen molar-refractivity contribution in [3.63, 3.8) is 0 Å². The Morgan fingerprint density at radius 3 is 1.92 bits per heavy atom. The van der Waals surface area contributed by atoms with Crippen molar-refractivity contribution in [2.75, 3.05) is 13.1 Å². The third kappa shape index (κ3) is 9.38. The molecule has 0 radical (unpaired) electrons. The molecule has 0 saturated heterocycles. The molecule has 2 heteroatoms. The summed E-state index contributed by atoms with van der Waals surface area (Å²) in [5.41, 5.74) is 0. The highest BCUT2D eigenvalue weighted by Crippen LogP contribution is 1.97. The summed E-state index contributed by atoms with van der Waals surface area (Å²) in [6, 6.07) is 0. The molecule has 0 saturated carbocycles. The second-order valence-corrected chi connectivity index (χ2v) is 2.93. The fourth-order valence-corrected chi connectivity index (χ4v) is 1.07. The Kier molecular flexibility index (Phi) is 13.2. The lowest BCUT2D eigenvalue weighted by Crippen LogP contribution is -2.29. The van der Waals surface area contributed by atoms with Crippen molar-refractivity contribution in [3.8, 4) is 0 Å². The topological polar surface area (TPSA) is 27.1 Å². The molecule has 0 aliphatic heterocycles. The molecule has 0 unspecified atom stereocenters.